The van der Waals surface area contributed by atoms with Crippen LogP contribution in [-0.4, -0.2) is 14.7 Å². The van der Waals surface area contributed by atoms with Crippen molar-refractivity contribution in [2.24, 2.45) is 12.2 Å². The minimum atomic E-state index is 0.0703. The minimum Gasteiger partial charge on any atom is -0.505 e. The Bertz CT molecular complexity index is 1320. The Balaban J connectivity index is 2.00. The summed E-state index contributed by atoms with van der Waals surface area (Å²) in [5.41, 5.74) is 1.02. The predicted octanol–water partition coefficient (Wildman–Crippen LogP) is 5.24. The van der Waals surface area contributed by atoms with Gasteiger partial charge >= 0.3 is 0 Å². The molecular weight excluding hydrogens is 330 g/mol. The molecule has 0 aliphatic heterocycles. The third-order valence-corrected chi connectivity index (χ3v) is 4.77. The maximum atomic E-state index is 11.7. The molecule has 0 saturated carbocycles. The number of aromatic hydroxyl groups is 1. The van der Waals surface area contributed by atoms with Crippen molar-refractivity contribution in [1.82, 2.24) is 9.55 Å². The second-order valence-corrected chi connectivity index (χ2v) is 6.20. The van der Waals surface area contributed by atoms with Gasteiger partial charge in [0.05, 0.1) is 6.26 Å². The Hall–Kier alpha value is -3.67. The number of nitrogens with zero attached hydrogens (tertiary/aromatic N) is 3. The number of benzene rings is 3. The Morgan fingerprint density at radius 2 is 1.81 bits per heavy atom. The Labute approximate surface area is 147 Å². The van der Waals surface area contributed by atoms with E-state index in [1.165, 1.54) is 0 Å². The van der Waals surface area contributed by atoms with Crippen LogP contribution in [0.5, 0.6) is 5.75 Å². The average molecular weight is 343 g/mol. The number of furan rings is 1. The second-order valence-electron chi connectivity index (χ2n) is 6.20. The largest absolute Gasteiger partial charge is 0.505 e. The van der Waals surface area contributed by atoms with Crippen LogP contribution in [0.1, 0.15) is 0 Å². The lowest BCUT2D eigenvalue weighted by atomic mass is 10.0. The molecule has 6 nitrogen and oxygen atoms in total. The van der Waals surface area contributed by atoms with Gasteiger partial charge in [-0.15, -0.1) is 4.91 Å². The number of aryl methyl sites for hydroxylation is 1. The van der Waals surface area contributed by atoms with Crippen LogP contribution in [0.25, 0.3) is 44.2 Å². The van der Waals surface area contributed by atoms with Gasteiger partial charge in [0.2, 0.25) is 0 Å². The van der Waals surface area contributed by atoms with Gasteiger partial charge in [0.15, 0.2) is 11.6 Å². The molecule has 5 aromatic rings. The third-order valence-electron chi connectivity index (χ3n) is 4.77. The number of fused-ring (bicyclic) bond motifs is 3. The van der Waals surface area contributed by atoms with Gasteiger partial charge in [0, 0.05) is 17.8 Å². The maximum Gasteiger partial charge on any atom is 0.177 e. The van der Waals surface area contributed by atoms with E-state index in [-0.39, 0.29) is 11.4 Å². The summed E-state index contributed by atoms with van der Waals surface area (Å²) in [5.74, 6) is 1.14. The van der Waals surface area contributed by atoms with E-state index in [9.17, 15) is 10.0 Å². The van der Waals surface area contributed by atoms with E-state index < -0.39 is 0 Å². The van der Waals surface area contributed by atoms with Gasteiger partial charge in [-0.05, 0) is 40.2 Å². The fourth-order valence-corrected chi connectivity index (χ4v) is 3.54. The smallest absolute Gasteiger partial charge is 0.177 e. The standard InChI is InChI=1S/C20H13N3O3/c1-23-18-17(21-20(23)15-7-4-8-26-15)16(22-25)13-9-11-5-2-3-6-12(11)10-14(13)19(18)24/h2-10,24H,1H3. The lowest BCUT2D eigenvalue weighted by Gasteiger charge is -2.08. The normalized spacial score (nSPS) is 11.6. The predicted molar refractivity (Wildman–Crippen MR) is 101 cm³/mol. The minimum absolute atomic E-state index is 0.0703. The summed E-state index contributed by atoms with van der Waals surface area (Å²) in [5, 5.41) is 17.3. The third kappa shape index (κ3) is 1.84. The van der Waals surface area contributed by atoms with Gasteiger partial charge in [-0.1, -0.05) is 24.3 Å². The van der Waals surface area contributed by atoms with Gasteiger partial charge in [-0.3, -0.25) is 0 Å². The Morgan fingerprint density at radius 3 is 2.46 bits per heavy atom. The summed E-state index contributed by atoms with van der Waals surface area (Å²) < 4.78 is 7.15. The molecule has 0 radical (unpaired) electrons. The fraction of sp³-hybridized carbons (Fsp3) is 0.0500. The van der Waals surface area contributed by atoms with Crippen molar-refractivity contribution >= 4 is 38.3 Å². The van der Waals surface area contributed by atoms with Crippen molar-refractivity contribution in [2.75, 3.05) is 0 Å². The molecule has 2 heterocycles. The number of hydrogen-bond donors (Lipinski definition) is 1. The van der Waals surface area contributed by atoms with Crippen LogP contribution in [0, 0.1) is 4.91 Å². The molecule has 1 N–H and O–H groups in total. The number of phenolic OH excluding ortho intramolecular Hbond substituents is 1. The molecule has 0 bridgehead atoms. The first-order valence-electron chi connectivity index (χ1n) is 8.10. The van der Waals surface area contributed by atoms with E-state index in [2.05, 4.69) is 10.2 Å². The molecule has 0 amide bonds. The van der Waals surface area contributed by atoms with Crippen LogP contribution >= 0.6 is 0 Å². The lowest BCUT2D eigenvalue weighted by molar-refractivity contribution is 0.485. The molecule has 2 aromatic heterocycles. The van der Waals surface area contributed by atoms with E-state index in [1.807, 2.05) is 36.4 Å². The van der Waals surface area contributed by atoms with Crippen LogP contribution in [0.3, 0.4) is 0 Å². The van der Waals surface area contributed by atoms with Crippen molar-refractivity contribution in [3.8, 4) is 17.3 Å². The highest BCUT2D eigenvalue weighted by Crippen LogP contribution is 2.44. The molecule has 6 heteroatoms. The summed E-state index contributed by atoms with van der Waals surface area (Å²) in [4.78, 5) is 16.2. The second kappa shape index (κ2) is 5.16. The SMILES string of the molecule is Cn1c(-c2ccco2)nc2c(N=O)c3cc4ccccc4cc3c(O)c21. The van der Waals surface area contributed by atoms with Gasteiger partial charge in [-0.25, -0.2) is 4.98 Å². The summed E-state index contributed by atoms with van der Waals surface area (Å²) in [6.45, 7) is 0. The number of rotatable bonds is 2. The zero-order chi connectivity index (χ0) is 17.8. The molecule has 0 saturated heterocycles. The molecule has 0 atom stereocenters. The number of nitroso groups, excluding NO2 is 1. The first kappa shape index (κ1) is 14.7. The van der Waals surface area contributed by atoms with E-state index in [1.54, 1.807) is 30.0 Å². The molecule has 0 unspecified atom stereocenters. The number of aromatic nitrogens is 2. The lowest BCUT2D eigenvalue weighted by Crippen LogP contribution is -1.91. The van der Waals surface area contributed by atoms with Crippen LogP contribution in [0.4, 0.5) is 5.69 Å². The molecule has 3 aromatic carbocycles. The van der Waals surface area contributed by atoms with Crippen LogP contribution in [-0.2, 0) is 7.05 Å². The van der Waals surface area contributed by atoms with Gasteiger partial charge < -0.3 is 14.1 Å². The van der Waals surface area contributed by atoms with E-state index in [4.69, 9.17) is 4.42 Å². The zero-order valence-electron chi connectivity index (χ0n) is 13.8. The zero-order valence-corrected chi connectivity index (χ0v) is 13.8. The van der Waals surface area contributed by atoms with Crippen molar-refractivity contribution in [2.45, 2.75) is 0 Å². The van der Waals surface area contributed by atoms with Gasteiger partial charge in [-0.2, -0.15) is 0 Å². The molecule has 0 aliphatic rings. The van der Waals surface area contributed by atoms with Crippen LogP contribution in [0.2, 0.25) is 0 Å². The van der Waals surface area contributed by atoms with E-state index in [0.717, 1.165) is 10.8 Å². The highest BCUT2D eigenvalue weighted by molar-refractivity contribution is 6.16. The molecule has 0 spiro atoms. The fourth-order valence-electron chi connectivity index (χ4n) is 3.54. The number of hydrogen-bond acceptors (Lipinski definition) is 5. The van der Waals surface area contributed by atoms with E-state index in [0.29, 0.717) is 33.4 Å². The van der Waals surface area contributed by atoms with Crippen LogP contribution in [0.15, 0.2) is 64.4 Å². The average Bonchev–Trinajstić information content (AvgIpc) is 3.29. The number of imidazole rings is 1. The quantitative estimate of drug-likeness (QED) is 0.351. The highest BCUT2D eigenvalue weighted by atomic mass is 16.3. The molecule has 26 heavy (non-hydrogen) atoms. The monoisotopic (exact) mass is 343 g/mol. The highest BCUT2D eigenvalue weighted by Gasteiger charge is 2.22. The molecule has 0 fully saturated rings. The molecule has 126 valence electrons. The Morgan fingerprint density at radius 1 is 1.08 bits per heavy atom. The first-order chi connectivity index (χ1) is 12.7. The summed E-state index contributed by atoms with van der Waals surface area (Å²) in [6, 6.07) is 15.0. The summed E-state index contributed by atoms with van der Waals surface area (Å²) >= 11 is 0. The Kier molecular flexibility index (Phi) is 2.91. The van der Waals surface area contributed by atoms with Crippen molar-refractivity contribution in [1.29, 1.82) is 0 Å². The summed E-state index contributed by atoms with van der Waals surface area (Å²) in [7, 11) is 1.77. The maximum absolute atomic E-state index is 11.7. The van der Waals surface area contributed by atoms with Crippen molar-refractivity contribution < 1.29 is 9.52 Å². The molecular formula is C20H13N3O3. The number of phenols is 1. The summed E-state index contributed by atoms with van der Waals surface area (Å²) in [6.07, 6.45) is 1.55. The van der Waals surface area contributed by atoms with E-state index >= 15 is 0 Å². The van der Waals surface area contributed by atoms with Crippen molar-refractivity contribution in [3.63, 3.8) is 0 Å². The van der Waals surface area contributed by atoms with Crippen molar-refractivity contribution in [3.05, 3.63) is 59.7 Å². The van der Waals surface area contributed by atoms with Crippen LogP contribution < -0.4 is 0 Å². The van der Waals surface area contributed by atoms with Gasteiger partial charge in [0.25, 0.3) is 0 Å². The topological polar surface area (TPSA) is 80.6 Å². The molecule has 5 rings (SSSR count). The first-order valence-corrected chi connectivity index (χ1v) is 8.10. The molecule has 0 aliphatic carbocycles. The van der Waals surface area contributed by atoms with Gasteiger partial charge in [0.1, 0.15) is 22.5 Å².